The van der Waals surface area contributed by atoms with Crippen LogP contribution in [0, 0.1) is 11.8 Å². The SMILES string of the molecule is O=C(NCc1ccco1)c1ccccc1NC(=O)[C@@H]1CCCC[C@H]1C(=O)O. The van der Waals surface area contributed by atoms with E-state index in [1.54, 1.807) is 36.4 Å². The summed E-state index contributed by atoms with van der Waals surface area (Å²) in [4.78, 5) is 36.6. The van der Waals surface area contributed by atoms with Crippen LogP contribution in [0.15, 0.2) is 47.1 Å². The van der Waals surface area contributed by atoms with Crippen molar-refractivity contribution in [2.24, 2.45) is 11.8 Å². The maximum atomic E-state index is 12.7. The van der Waals surface area contributed by atoms with Crippen molar-refractivity contribution in [1.82, 2.24) is 5.32 Å². The minimum Gasteiger partial charge on any atom is -0.481 e. The number of carboxylic acids is 1. The number of rotatable bonds is 6. The molecule has 1 fully saturated rings. The predicted octanol–water partition coefficient (Wildman–Crippen LogP) is 3.04. The molecule has 1 heterocycles. The first kappa shape index (κ1) is 18.7. The largest absolute Gasteiger partial charge is 0.481 e. The molecule has 0 bridgehead atoms. The molecule has 1 aromatic heterocycles. The van der Waals surface area contributed by atoms with Crippen LogP contribution in [0.1, 0.15) is 41.8 Å². The van der Waals surface area contributed by atoms with Crippen molar-refractivity contribution in [2.45, 2.75) is 32.2 Å². The number of anilines is 1. The molecule has 0 radical (unpaired) electrons. The highest BCUT2D eigenvalue weighted by molar-refractivity contribution is 6.04. The highest BCUT2D eigenvalue weighted by Gasteiger charge is 2.36. The number of aliphatic carboxylic acids is 1. The number of furan rings is 1. The van der Waals surface area contributed by atoms with Crippen LogP contribution in [0.2, 0.25) is 0 Å². The summed E-state index contributed by atoms with van der Waals surface area (Å²) in [6, 6.07) is 10.2. The van der Waals surface area contributed by atoms with Gasteiger partial charge in [-0.3, -0.25) is 14.4 Å². The minimum absolute atomic E-state index is 0.234. The molecule has 2 aromatic rings. The highest BCUT2D eigenvalue weighted by Crippen LogP contribution is 2.31. The van der Waals surface area contributed by atoms with Gasteiger partial charge >= 0.3 is 5.97 Å². The molecule has 0 saturated heterocycles. The van der Waals surface area contributed by atoms with E-state index in [1.807, 2.05) is 0 Å². The Morgan fingerprint density at radius 3 is 2.48 bits per heavy atom. The molecule has 0 aliphatic heterocycles. The van der Waals surface area contributed by atoms with Crippen LogP contribution in [-0.4, -0.2) is 22.9 Å². The molecule has 1 aliphatic carbocycles. The Kier molecular flexibility index (Phi) is 5.90. The van der Waals surface area contributed by atoms with Gasteiger partial charge in [0.2, 0.25) is 5.91 Å². The van der Waals surface area contributed by atoms with E-state index >= 15 is 0 Å². The lowest BCUT2D eigenvalue weighted by molar-refractivity contribution is -0.147. The van der Waals surface area contributed by atoms with Crippen molar-refractivity contribution in [2.75, 3.05) is 5.32 Å². The summed E-state index contributed by atoms with van der Waals surface area (Å²) in [7, 11) is 0. The average Bonchev–Trinajstić information content (AvgIpc) is 3.20. The first-order valence-electron chi connectivity index (χ1n) is 8.99. The van der Waals surface area contributed by atoms with E-state index < -0.39 is 17.8 Å². The summed E-state index contributed by atoms with van der Waals surface area (Å²) >= 11 is 0. The van der Waals surface area contributed by atoms with Gasteiger partial charge in [-0.1, -0.05) is 25.0 Å². The third-order valence-corrected chi connectivity index (χ3v) is 4.85. The quantitative estimate of drug-likeness (QED) is 0.724. The fraction of sp³-hybridized carbons (Fsp3) is 0.350. The van der Waals surface area contributed by atoms with Gasteiger partial charge in [0.05, 0.1) is 35.9 Å². The van der Waals surface area contributed by atoms with Crippen molar-refractivity contribution >= 4 is 23.5 Å². The third-order valence-electron chi connectivity index (χ3n) is 4.85. The van der Waals surface area contributed by atoms with Crippen molar-refractivity contribution in [3.05, 3.63) is 54.0 Å². The molecule has 27 heavy (non-hydrogen) atoms. The molecule has 7 heteroatoms. The van der Waals surface area contributed by atoms with Crippen molar-refractivity contribution in [1.29, 1.82) is 0 Å². The molecule has 2 atom stereocenters. The maximum Gasteiger partial charge on any atom is 0.307 e. The molecule has 0 spiro atoms. The van der Waals surface area contributed by atoms with E-state index in [2.05, 4.69) is 10.6 Å². The predicted molar refractivity (Wildman–Crippen MR) is 98.0 cm³/mol. The Bertz CT molecular complexity index is 816. The zero-order valence-corrected chi connectivity index (χ0v) is 14.8. The molecule has 1 saturated carbocycles. The molecule has 1 aliphatic rings. The number of nitrogens with one attached hydrogen (secondary N) is 2. The van der Waals surface area contributed by atoms with E-state index in [4.69, 9.17) is 4.42 Å². The number of benzene rings is 1. The lowest BCUT2D eigenvalue weighted by Gasteiger charge is -2.27. The Hall–Kier alpha value is -3.09. The first-order valence-corrected chi connectivity index (χ1v) is 8.99. The number of carbonyl (C=O) groups excluding carboxylic acids is 2. The van der Waals surface area contributed by atoms with Crippen molar-refractivity contribution in [3.63, 3.8) is 0 Å². The van der Waals surface area contributed by atoms with E-state index in [9.17, 15) is 19.5 Å². The van der Waals surface area contributed by atoms with Crippen LogP contribution in [-0.2, 0) is 16.1 Å². The van der Waals surface area contributed by atoms with Crippen LogP contribution in [0.4, 0.5) is 5.69 Å². The van der Waals surface area contributed by atoms with Gasteiger partial charge in [0.15, 0.2) is 0 Å². The smallest absolute Gasteiger partial charge is 0.307 e. The molecule has 7 nitrogen and oxygen atoms in total. The van der Waals surface area contributed by atoms with E-state index in [0.29, 0.717) is 29.9 Å². The van der Waals surface area contributed by atoms with E-state index in [0.717, 1.165) is 12.8 Å². The molecule has 142 valence electrons. The van der Waals surface area contributed by atoms with Crippen LogP contribution in [0.5, 0.6) is 0 Å². The fourth-order valence-electron chi connectivity index (χ4n) is 3.43. The number of amides is 2. The molecular weight excluding hydrogens is 348 g/mol. The number of hydrogen-bond acceptors (Lipinski definition) is 4. The van der Waals surface area contributed by atoms with Crippen LogP contribution in [0.25, 0.3) is 0 Å². The second-order valence-corrected chi connectivity index (χ2v) is 6.63. The van der Waals surface area contributed by atoms with Gasteiger partial charge < -0.3 is 20.2 Å². The fourth-order valence-corrected chi connectivity index (χ4v) is 3.43. The lowest BCUT2D eigenvalue weighted by atomic mass is 9.78. The molecule has 0 unspecified atom stereocenters. The number of para-hydroxylation sites is 1. The minimum atomic E-state index is -0.945. The molecular formula is C20H22N2O5. The van der Waals surface area contributed by atoms with Gasteiger partial charge in [-0.25, -0.2) is 0 Å². The zero-order chi connectivity index (χ0) is 19.2. The number of carbonyl (C=O) groups is 3. The normalized spacial score (nSPS) is 19.3. The van der Waals surface area contributed by atoms with Gasteiger partial charge in [0.25, 0.3) is 5.91 Å². The summed E-state index contributed by atoms with van der Waals surface area (Å²) in [6.07, 6.45) is 4.20. The molecule has 2 amide bonds. The summed E-state index contributed by atoms with van der Waals surface area (Å²) in [5.74, 6) is -2.29. The van der Waals surface area contributed by atoms with Gasteiger partial charge in [-0.05, 0) is 37.1 Å². The molecule has 1 aromatic carbocycles. The van der Waals surface area contributed by atoms with Crippen LogP contribution in [0.3, 0.4) is 0 Å². The molecule has 3 N–H and O–H groups in total. The van der Waals surface area contributed by atoms with E-state index in [1.165, 1.54) is 6.26 Å². The highest BCUT2D eigenvalue weighted by atomic mass is 16.4. The van der Waals surface area contributed by atoms with Crippen molar-refractivity contribution in [3.8, 4) is 0 Å². The Labute approximate surface area is 156 Å². The number of hydrogen-bond donors (Lipinski definition) is 3. The summed E-state index contributed by atoms with van der Waals surface area (Å²) in [5.41, 5.74) is 0.689. The molecule has 3 rings (SSSR count). The topological polar surface area (TPSA) is 109 Å². The van der Waals surface area contributed by atoms with E-state index in [-0.39, 0.29) is 18.4 Å². The maximum absolute atomic E-state index is 12.7. The number of carboxylic acid groups (broad SMARTS) is 1. The first-order chi connectivity index (χ1) is 13.1. The van der Waals surface area contributed by atoms with Gasteiger partial charge in [0.1, 0.15) is 5.76 Å². The van der Waals surface area contributed by atoms with Gasteiger partial charge in [0, 0.05) is 0 Å². The Morgan fingerprint density at radius 1 is 1.04 bits per heavy atom. The third kappa shape index (κ3) is 4.55. The van der Waals surface area contributed by atoms with Crippen LogP contribution < -0.4 is 10.6 Å². The summed E-state index contributed by atoms with van der Waals surface area (Å²) in [6.45, 7) is 0.234. The Balaban J connectivity index is 1.70. The van der Waals surface area contributed by atoms with Crippen molar-refractivity contribution < 1.29 is 23.9 Å². The van der Waals surface area contributed by atoms with Gasteiger partial charge in [-0.2, -0.15) is 0 Å². The standard InChI is InChI=1S/C20H22N2O5/c23-18(21-12-13-6-5-11-27-13)16-9-3-4-10-17(16)22-19(24)14-7-1-2-8-15(14)20(25)26/h3-6,9-11,14-15H,1-2,7-8,12H2,(H,21,23)(H,22,24)(H,25,26)/t14-,15-/m1/s1. The average molecular weight is 370 g/mol. The van der Waals surface area contributed by atoms with Crippen LogP contribution >= 0.6 is 0 Å². The summed E-state index contributed by atoms with van der Waals surface area (Å²) in [5, 5.41) is 14.9. The Morgan fingerprint density at radius 2 is 1.78 bits per heavy atom. The second kappa shape index (κ2) is 8.53. The monoisotopic (exact) mass is 370 g/mol. The zero-order valence-electron chi connectivity index (χ0n) is 14.8. The summed E-state index contributed by atoms with van der Waals surface area (Å²) < 4.78 is 5.19. The second-order valence-electron chi connectivity index (χ2n) is 6.63. The van der Waals surface area contributed by atoms with Gasteiger partial charge in [-0.15, -0.1) is 0 Å². The lowest BCUT2D eigenvalue weighted by Crippen LogP contribution is -2.36.